The van der Waals surface area contributed by atoms with Crippen molar-refractivity contribution in [3.8, 4) is 0 Å². The van der Waals surface area contributed by atoms with Gasteiger partial charge in [-0.05, 0) is 50.5 Å². The van der Waals surface area contributed by atoms with Crippen LogP contribution < -0.4 is 5.32 Å². The summed E-state index contributed by atoms with van der Waals surface area (Å²) in [6, 6.07) is 10.6. The van der Waals surface area contributed by atoms with Crippen molar-refractivity contribution in [3.63, 3.8) is 0 Å². The summed E-state index contributed by atoms with van der Waals surface area (Å²) in [6.45, 7) is 4.06. The average Bonchev–Trinajstić information content (AvgIpc) is 3.39. The maximum Gasteiger partial charge on any atom is 0.286 e. The minimum atomic E-state index is -3.73. The fourth-order valence-corrected chi connectivity index (χ4v) is 6.51. The number of para-hydroxylation sites is 1. The van der Waals surface area contributed by atoms with Gasteiger partial charge in [-0.15, -0.1) is 10.2 Å². The predicted molar refractivity (Wildman–Crippen MR) is 116 cm³/mol. The Bertz CT molecular complexity index is 1240. The molecule has 0 radical (unpaired) electrons. The number of amides is 1. The van der Waals surface area contributed by atoms with Crippen molar-refractivity contribution in [2.45, 2.75) is 37.6 Å². The number of carbonyl (C=O) groups excluding carboxylic acids is 1. The van der Waals surface area contributed by atoms with Gasteiger partial charge < -0.3 is 5.32 Å². The molecule has 31 heavy (non-hydrogen) atoms. The molecule has 1 amide bonds. The lowest BCUT2D eigenvalue weighted by atomic mass is 10.2. The number of hydrogen-bond acceptors (Lipinski definition) is 6. The number of carbonyl (C=O) groups is 1. The lowest BCUT2D eigenvalue weighted by molar-refractivity contribution is 0.102. The van der Waals surface area contributed by atoms with Crippen molar-refractivity contribution in [1.29, 1.82) is 0 Å². The van der Waals surface area contributed by atoms with Crippen molar-refractivity contribution in [1.82, 2.24) is 14.5 Å². The lowest BCUT2D eigenvalue weighted by Crippen LogP contribution is -2.31. The Morgan fingerprint density at radius 3 is 2.71 bits per heavy atom. The van der Waals surface area contributed by atoms with Gasteiger partial charge in [-0.3, -0.25) is 4.79 Å². The van der Waals surface area contributed by atoms with Crippen molar-refractivity contribution >= 4 is 33.0 Å². The van der Waals surface area contributed by atoms with E-state index in [1.807, 2.05) is 13.0 Å². The smallest absolute Gasteiger partial charge is 0.286 e. The SMILES string of the molecule is Cc1ccc(S(=O)(=O)N2CCC[C@H]2c2nnc(C(=O)Nc3ccccc3F)s2)c(C)c1. The first-order valence-corrected chi connectivity index (χ1v) is 12.0. The Kier molecular flexibility index (Phi) is 5.87. The van der Waals surface area contributed by atoms with Gasteiger partial charge >= 0.3 is 0 Å². The quantitative estimate of drug-likeness (QED) is 0.620. The molecule has 1 N–H and O–H groups in total. The number of benzene rings is 2. The summed E-state index contributed by atoms with van der Waals surface area (Å²) in [4.78, 5) is 12.7. The minimum absolute atomic E-state index is 0.0455. The van der Waals surface area contributed by atoms with Gasteiger partial charge in [-0.2, -0.15) is 4.31 Å². The highest BCUT2D eigenvalue weighted by Gasteiger charge is 2.39. The van der Waals surface area contributed by atoms with E-state index >= 15 is 0 Å². The zero-order valence-corrected chi connectivity index (χ0v) is 18.6. The average molecular weight is 461 g/mol. The molecule has 0 bridgehead atoms. The van der Waals surface area contributed by atoms with Gasteiger partial charge in [0.15, 0.2) is 0 Å². The fourth-order valence-electron chi connectivity index (χ4n) is 3.69. The molecule has 1 saturated heterocycles. The van der Waals surface area contributed by atoms with E-state index in [4.69, 9.17) is 0 Å². The van der Waals surface area contributed by atoms with Crippen molar-refractivity contribution in [2.75, 3.05) is 11.9 Å². The van der Waals surface area contributed by atoms with Gasteiger partial charge in [-0.25, -0.2) is 12.8 Å². The third-order valence-corrected chi connectivity index (χ3v) is 8.25. The number of anilines is 1. The molecule has 4 rings (SSSR count). The number of aryl methyl sites for hydroxylation is 2. The number of rotatable bonds is 5. The van der Waals surface area contributed by atoms with Crippen LogP contribution in [-0.4, -0.2) is 35.4 Å². The maximum absolute atomic E-state index is 13.8. The Morgan fingerprint density at radius 2 is 1.97 bits per heavy atom. The summed E-state index contributed by atoms with van der Waals surface area (Å²) in [5.41, 5.74) is 1.72. The van der Waals surface area contributed by atoms with Crippen LogP contribution in [0.1, 0.15) is 44.8 Å². The molecule has 10 heteroatoms. The molecule has 1 fully saturated rings. The van der Waals surface area contributed by atoms with E-state index in [1.54, 1.807) is 25.1 Å². The number of hydrogen-bond donors (Lipinski definition) is 1. The first-order valence-electron chi connectivity index (χ1n) is 9.76. The summed E-state index contributed by atoms with van der Waals surface area (Å²) in [5.74, 6) is -1.14. The number of aromatic nitrogens is 2. The second-order valence-electron chi connectivity index (χ2n) is 7.42. The molecule has 2 heterocycles. The summed E-state index contributed by atoms with van der Waals surface area (Å²) < 4.78 is 41.9. The first-order chi connectivity index (χ1) is 14.8. The van der Waals surface area contributed by atoms with Crippen LogP contribution >= 0.6 is 11.3 Å². The minimum Gasteiger partial charge on any atom is -0.317 e. The molecule has 0 spiro atoms. The van der Waals surface area contributed by atoms with Gasteiger partial charge in [0.1, 0.15) is 10.8 Å². The molecule has 2 aromatic carbocycles. The highest BCUT2D eigenvalue weighted by molar-refractivity contribution is 7.89. The Balaban J connectivity index is 1.58. The molecule has 0 unspecified atom stereocenters. The molecule has 1 aromatic heterocycles. The van der Waals surface area contributed by atoms with E-state index in [0.29, 0.717) is 30.0 Å². The molecule has 3 aromatic rings. The number of halogens is 1. The molecule has 1 aliphatic rings. The van der Waals surface area contributed by atoms with Crippen LogP contribution in [-0.2, 0) is 10.0 Å². The number of sulfonamides is 1. The third-order valence-electron chi connectivity index (χ3n) is 5.16. The lowest BCUT2D eigenvalue weighted by Gasteiger charge is -2.23. The highest BCUT2D eigenvalue weighted by atomic mass is 32.2. The molecule has 7 nitrogen and oxygen atoms in total. The monoisotopic (exact) mass is 460 g/mol. The number of nitrogens with zero attached hydrogens (tertiary/aromatic N) is 3. The second-order valence-corrected chi connectivity index (χ2v) is 10.3. The van der Waals surface area contributed by atoms with E-state index in [9.17, 15) is 17.6 Å². The van der Waals surface area contributed by atoms with Gasteiger partial charge in [-0.1, -0.05) is 41.2 Å². The van der Waals surface area contributed by atoms with Crippen molar-refractivity contribution < 1.29 is 17.6 Å². The normalized spacial score (nSPS) is 17.1. The molecule has 1 atom stereocenters. The summed E-state index contributed by atoms with van der Waals surface area (Å²) >= 11 is 1.02. The van der Waals surface area contributed by atoms with Crippen LogP contribution in [0, 0.1) is 19.7 Å². The molecular weight excluding hydrogens is 439 g/mol. The molecule has 1 aliphatic heterocycles. The second kappa shape index (κ2) is 8.45. The van der Waals surface area contributed by atoms with Crippen LogP contribution in [0.15, 0.2) is 47.4 Å². The number of nitrogens with one attached hydrogen (secondary N) is 1. The fraction of sp³-hybridized carbons (Fsp3) is 0.286. The van der Waals surface area contributed by atoms with Crippen LogP contribution in [0.5, 0.6) is 0 Å². The van der Waals surface area contributed by atoms with Gasteiger partial charge in [0, 0.05) is 6.54 Å². The van der Waals surface area contributed by atoms with E-state index in [2.05, 4.69) is 15.5 Å². The van der Waals surface area contributed by atoms with Gasteiger partial charge in [0.2, 0.25) is 15.0 Å². The predicted octanol–water partition coefficient (Wildman–Crippen LogP) is 4.07. The topological polar surface area (TPSA) is 92.3 Å². The van der Waals surface area contributed by atoms with E-state index in [0.717, 1.165) is 16.9 Å². The zero-order valence-electron chi connectivity index (χ0n) is 17.0. The summed E-state index contributed by atoms with van der Waals surface area (Å²) in [6.07, 6.45) is 1.28. The van der Waals surface area contributed by atoms with E-state index in [-0.39, 0.29) is 15.6 Å². The summed E-state index contributed by atoms with van der Waals surface area (Å²) in [5, 5.41) is 11.0. The van der Waals surface area contributed by atoms with E-state index in [1.165, 1.54) is 22.5 Å². The first kappa shape index (κ1) is 21.5. The van der Waals surface area contributed by atoms with Crippen LogP contribution in [0.4, 0.5) is 10.1 Å². The van der Waals surface area contributed by atoms with E-state index < -0.39 is 27.8 Å². The molecule has 162 valence electrons. The Labute approximate surface area is 184 Å². The van der Waals surface area contributed by atoms with Gasteiger partial charge in [0.05, 0.1) is 16.6 Å². The molecule has 0 aliphatic carbocycles. The summed E-state index contributed by atoms with van der Waals surface area (Å²) in [7, 11) is -3.73. The largest absolute Gasteiger partial charge is 0.317 e. The standard InChI is InChI=1S/C21H21FN4O3S2/c1-13-9-10-18(14(2)12-13)31(28,29)26-11-5-8-17(26)20-24-25-21(30-20)19(27)23-16-7-4-3-6-15(16)22/h3-4,6-7,9-10,12,17H,5,8,11H2,1-2H3,(H,23,27)/t17-/m0/s1. The Hall–Kier alpha value is -2.69. The van der Waals surface area contributed by atoms with Crippen LogP contribution in [0.25, 0.3) is 0 Å². The maximum atomic E-state index is 13.8. The molecule has 0 saturated carbocycles. The molecular formula is C21H21FN4O3S2. The highest BCUT2D eigenvalue weighted by Crippen LogP contribution is 2.38. The zero-order chi connectivity index (χ0) is 22.2. The van der Waals surface area contributed by atoms with Crippen LogP contribution in [0.2, 0.25) is 0 Å². The van der Waals surface area contributed by atoms with Gasteiger partial charge in [0.25, 0.3) is 5.91 Å². The third kappa shape index (κ3) is 4.23. The van der Waals surface area contributed by atoms with Crippen molar-refractivity contribution in [2.24, 2.45) is 0 Å². The Morgan fingerprint density at radius 1 is 1.19 bits per heavy atom. The van der Waals surface area contributed by atoms with Crippen molar-refractivity contribution in [3.05, 3.63) is 69.4 Å². The van der Waals surface area contributed by atoms with Crippen LogP contribution in [0.3, 0.4) is 0 Å².